The molecule has 122 valence electrons. The summed E-state index contributed by atoms with van der Waals surface area (Å²) in [6, 6.07) is 17.5. The number of amides is 1. The van der Waals surface area contributed by atoms with Gasteiger partial charge in [-0.1, -0.05) is 35.5 Å². The van der Waals surface area contributed by atoms with E-state index < -0.39 is 0 Å². The lowest BCUT2D eigenvalue weighted by atomic mass is 10.2. The van der Waals surface area contributed by atoms with Crippen molar-refractivity contribution in [2.75, 3.05) is 0 Å². The summed E-state index contributed by atoms with van der Waals surface area (Å²) < 4.78 is 7.57. The molecule has 6 heteroatoms. The van der Waals surface area contributed by atoms with Crippen LogP contribution in [-0.4, -0.2) is 20.9 Å². The Morgan fingerprint density at radius 3 is 2.71 bits per heavy atom. The van der Waals surface area contributed by atoms with Crippen molar-refractivity contribution in [3.8, 4) is 11.5 Å². The number of hydrogen-bond donors (Lipinski definition) is 1. The maximum atomic E-state index is 10.9. The van der Waals surface area contributed by atoms with E-state index in [0.717, 1.165) is 22.8 Å². The maximum Gasteiger partial charge on any atom is 0.217 e. The van der Waals surface area contributed by atoms with E-state index in [1.54, 1.807) is 4.68 Å². The van der Waals surface area contributed by atoms with Gasteiger partial charge in [0.25, 0.3) is 0 Å². The summed E-state index contributed by atoms with van der Waals surface area (Å²) in [6.45, 7) is 2.44. The number of carbonyl (C=O) groups is 1. The van der Waals surface area contributed by atoms with E-state index in [9.17, 15) is 4.79 Å². The van der Waals surface area contributed by atoms with Crippen LogP contribution in [-0.2, 0) is 17.9 Å². The third kappa shape index (κ3) is 4.42. The van der Waals surface area contributed by atoms with Gasteiger partial charge in [-0.05, 0) is 29.8 Å². The minimum absolute atomic E-state index is 0.0877. The van der Waals surface area contributed by atoms with Crippen LogP contribution in [0, 0.1) is 0 Å². The average molecular weight is 322 g/mol. The highest BCUT2D eigenvalue weighted by Crippen LogP contribution is 2.22. The normalized spacial score (nSPS) is 10.4. The smallest absolute Gasteiger partial charge is 0.217 e. The number of benzene rings is 2. The minimum atomic E-state index is -0.0877. The number of para-hydroxylation sites is 1. The number of nitrogens with one attached hydrogen (secondary N) is 1. The van der Waals surface area contributed by atoms with Gasteiger partial charge in [0, 0.05) is 6.92 Å². The summed E-state index contributed by atoms with van der Waals surface area (Å²) >= 11 is 0. The summed E-state index contributed by atoms with van der Waals surface area (Å²) in [4.78, 5) is 10.9. The summed E-state index contributed by atoms with van der Waals surface area (Å²) in [6.07, 6.45) is 1.82. The summed E-state index contributed by atoms with van der Waals surface area (Å²) in [5, 5.41) is 10.8. The molecule has 24 heavy (non-hydrogen) atoms. The molecule has 0 aliphatic carbocycles. The Kier molecular flexibility index (Phi) is 4.86. The first-order valence-corrected chi connectivity index (χ1v) is 7.64. The highest BCUT2D eigenvalue weighted by molar-refractivity contribution is 5.72. The van der Waals surface area contributed by atoms with E-state index in [2.05, 4.69) is 15.6 Å². The molecule has 1 heterocycles. The molecule has 0 bridgehead atoms. The molecular weight excluding hydrogens is 304 g/mol. The molecule has 3 rings (SSSR count). The molecule has 3 aromatic rings. The standard InChI is InChI=1S/C18H18N4O2/c1-14(23)19-11-16-13-22(21-20-16)12-15-6-5-9-18(10-15)24-17-7-3-2-4-8-17/h2-10,13H,11-12H2,1H3,(H,19,23). The molecule has 2 aromatic carbocycles. The largest absolute Gasteiger partial charge is 0.457 e. The second kappa shape index (κ2) is 7.41. The predicted octanol–water partition coefficient (Wildman–Crippen LogP) is 2.75. The lowest BCUT2D eigenvalue weighted by molar-refractivity contribution is -0.119. The molecule has 0 saturated heterocycles. The van der Waals surface area contributed by atoms with Crippen LogP contribution in [0.15, 0.2) is 60.8 Å². The SMILES string of the molecule is CC(=O)NCc1cn(Cc2cccc(Oc3ccccc3)c2)nn1. The van der Waals surface area contributed by atoms with Crippen LogP contribution < -0.4 is 10.1 Å². The summed E-state index contributed by atoms with van der Waals surface area (Å²) in [5.41, 5.74) is 1.78. The van der Waals surface area contributed by atoms with Gasteiger partial charge in [0.05, 0.1) is 19.3 Å². The van der Waals surface area contributed by atoms with E-state index in [-0.39, 0.29) is 5.91 Å². The number of nitrogens with zero attached hydrogens (tertiary/aromatic N) is 3. The van der Waals surface area contributed by atoms with E-state index in [1.165, 1.54) is 6.92 Å². The summed E-state index contributed by atoms with van der Waals surface area (Å²) in [5.74, 6) is 1.49. The second-order valence-corrected chi connectivity index (χ2v) is 5.38. The zero-order valence-electron chi connectivity index (χ0n) is 13.3. The van der Waals surface area contributed by atoms with Crippen molar-refractivity contribution in [1.29, 1.82) is 0 Å². The number of ether oxygens (including phenoxy) is 1. The zero-order chi connectivity index (χ0) is 16.8. The Bertz CT molecular complexity index is 815. The number of aromatic nitrogens is 3. The van der Waals surface area contributed by atoms with Gasteiger partial charge in [-0.15, -0.1) is 5.10 Å². The van der Waals surface area contributed by atoms with Gasteiger partial charge < -0.3 is 10.1 Å². The molecule has 6 nitrogen and oxygen atoms in total. The first kappa shape index (κ1) is 15.7. The van der Waals surface area contributed by atoms with Crippen molar-refractivity contribution in [3.63, 3.8) is 0 Å². The van der Waals surface area contributed by atoms with Crippen LogP contribution in [0.4, 0.5) is 0 Å². The molecule has 0 radical (unpaired) electrons. The fourth-order valence-electron chi connectivity index (χ4n) is 2.23. The van der Waals surface area contributed by atoms with Crippen molar-refractivity contribution in [2.45, 2.75) is 20.0 Å². The van der Waals surface area contributed by atoms with Crippen molar-refractivity contribution < 1.29 is 9.53 Å². The Labute approximate surface area is 140 Å². The Hall–Kier alpha value is -3.15. The van der Waals surface area contributed by atoms with Gasteiger partial charge in [-0.3, -0.25) is 4.79 Å². The molecule has 1 N–H and O–H groups in total. The topological polar surface area (TPSA) is 69.0 Å². The third-order valence-electron chi connectivity index (χ3n) is 3.33. The van der Waals surface area contributed by atoms with Gasteiger partial charge in [-0.2, -0.15) is 0 Å². The third-order valence-corrected chi connectivity index (χ3v) is 3.33. The molecule has 0 aliphatic heterocycles. The fraction of sp³-hybridized carbons (Fsp3) is 0.167. The molecule has 0 unspecified atom stereocenters. The van der Waals surface area contributed by atoms with Gasteiger partial charge in [-0.25, -0.2) is 4.68 Å². The van der Waals surface area contributed by atoms with E-state index in [4.69, 9.17) is 4.74 Å². The number of hydrogen-bond acceptors (Lipinski definition) is 4. The van der Waals surface area contributed by atoms with E-state index in [1.807, 2.05) is 60.8 Å². The lowest BCUT2D eigenvalue weighted by Crippen LogP contribution is -2.19. The van der Waals surface area contributed by atoms with Crippen LogP contribution in [0.25, 0.3) is 0 Å². The molecule has 1 aromatic heterocycles. The first-order chi connectivity index (χ1) is 11.7. The zero-order valence-corrected chi connectivity index (χ0v) is 13.3. The summed E-state index contributed by atoms with van der Waals surface area (Å²) in [7, 11) is 0. The van der Waals surface area contributed by atoms with Gasteiger partial charge >= 0.3 is 0 Å². The second-order valence-electron chi connectivity index (χ2n) is 5.38. The molecule has 0 saturated carbocycles. The first-order valence-electron chi connectivity index (χ1n) is 7.64. The van der Waals surface area contributed by atoms with Crippen LogP contribution in [0.3, 0.4) is 0 Å². The number of rotatable bonds is 6. The van der Waals surface area contributed by atoms with Crippen molar-refractivity contribution in [3.05, 3.63) is 72.1 Å². The quantitative estimate of drug-likeness (QED) is 0.757. The monoisotopic (exact) mass is 322 g/mol. The van der Waals surface area contributed by atoms with Crippen LogP contribution >= 0.6 is 0 Å². The number of carbonyl (C=O) groups excluding carboxylic acids is 1. The molecule has 0 spiro atoms. The maximum absolute atomic E-state index is 10.9. The molecule has 0 aliphatic rings. The van der Waals surface area contributed by atoms with Crippen molar-refractivity contribution in [1.82, 2.24) is 20.3 Å². The Morgan fingerprint density at radius 2 is 1.92 bits per heavy atom. The molecule has 1 amide bonds. The highest BCUT2D eigenvalue weighted by Gasteiger charge is 2.04. The van der Waals surface area contributed by atoms with Crippen molar-refractivity contribution >= 4 is 5.91 Å². The fourth-order valence-corrected chi connectivity index (χ4v) is 2.23. The van der Waals surface area contributed by atoms with Gasteiger partial charge in [0.15, 0.2) is 0 Å². The molecule has 0 fully saturated rings. The average Bonchev–Trinajstić information content (AvgIpc) is 3.02. The molecule has 0 atom stereocenters. The molecular formula is C18H18N4O2. The Balaban J connectivity index is 1.65. The van der Waals surface area contributed by atoms with Gasteiger partial charge in [0.2, 0.25) is 5.91 Å². The van der Waals surface area contributed by atoms with E-state index in [0.29, 0.717) is 13.1 Å². The van der Waals surface area contributed by atoms with Crippen LogP contribution in [0.1, 0.15) is 18.2 Å². The van der Waals surface area contributed by atoms with Gasteiger partial charge in [0.1, 0.15) is 17.2 Å². The lowest BCUT2D eigenvalue weighted by Gasteiger charge is -2.07. The predicted molar refractivity (Wildman–Crippen MR) is 89.6 cm³/mol. The minimum Gasteiger partial charge on any atom is -0.457 e. The highest BCUT2D eigenvalue weighted by atomic mass is 16.5. The van der Waals surface area contributed by atoms with E-state index >= 15 is 0 Å². The Morgan fingerprint density at radius 1 is 1.12 bits per heavy atom. The van der Waals surface area contributed by atoms with Crippen molar-refractivity contribution in [2.24, 2.45) is 0 Å². The van der Waals surface area contributed by atoms with Crippen LogP contribution in [0.5, 0.6) is 11.5 Å². The van der Waals surface area contributed by atoms with Crippen LogP contribution in [0.2, 0.25) is 0 Å².